The third-order valence-corrected chi connectivity index (χ3v) is 3.71. The smallest absolute Gasteiger partial charge is 0.283 e. The number of halogens is 1. The third-order valence-electron chi connectivity index (χ3n) is 2.97. The summed E-state index contributed by atoms with van der Waals surface area (Å²) in [4.78, 5) is 14.1. The highest BCUT2D eigenvalue weighted by molar-refractivity contribution is 9.10. The van der Waals surface area contributed by atoms with Crippen molar-refractivity contribution < 1.29 is 0 Å². The van der Waals surface area contributed by atoms with Crippen molar-refractivity contribution in [3.63, 3.8) is 0 Å². The fraction of sp³-hybridized carbons (Fsp3) is 0.636. The molecule has 1 atom stereocenters. The van der Waals surface area contributed by atoms with E-state index in [1.165, 1.54) is 4.68 Å². The summed E-state index contributed by atoms with van der Waals surface area (Å²) >= 11 is 3.38. The van der Waals surface area contributed by atoms with Crippen molar-refractivity contribution in [1.29, 1.82) is 0 Å². The molecule has 2 rings (SSSR count). The molecule has 0 radical (unpaired) electrons. The van der Waals surface area contributed by atoms with Crippen LogP contribution in [0, 0.1) is 0 Å². The number of rotatable bonds is 3. The topological polar surface area (TPSA) is 64.2 Å². The van der Waals surface area contributed by atoms with Crippen molar-refractivity contribution in [3.8, 4) is 0 Å². The van der Waals surface area contributed by atoms with Crippen LogP contribution in [-0.4, -0.2) is 28.9 Å². The second-order valence-corrected chi connectivity index (χ2v) is 5.16. The lowest BCUT2D eigenvalue weighted by molar-refractivity contribution is 0.564. The molecule has 0 aromatic carbocycles. The van der Waals surface area contributed by atoms with E-state index in [4.69, 9.17) is 5.73 Å². The Labute approximate surface area is 109 Å². The van der Waals surface area contributed by atoms with E-state index in [2.05, 4.69) is 25.9 Å². The molecule has 0 bridgehead atoms. The molecule has 6 heteroatoms. The second-order valence-electron chi connectivity index (χ2n) is 4.37. The van der Waals surface area contributed by atoms with Crippen molar-refractivity contribution in [1.82, 2.24) is 9.78 Å². The van der Waals surface area contributed by atoms with Gasteiger partial charge in [0.25, 0.3) is 5.56 Å². The van der Waals surface area contributed by atoms with Crippen LogP contribution >= 0.6 is 15.9 Å². The van der Waals surface area contributed by atoms with Crippen LogP contribution in [-0.2, 0) is 6.54 Å². The van der Waals surface area contributed by atoms with Crippen LogP contribution < -0.4 is 16.2 Å². The fourth-order valence-corrected chi connectivity index (χ4v) is 2.61. The number of aryl methyl sites for hydroxylation is 1. The number of nitrogens with two attached hydrogens (primary N) is 1. The van der Waals surface area contributed by atoms with Gasteiger partial charge in [-0.3, -0.25) is 4.79 Å². The number of aromatic nitrogens is 2. The van der Waals surface area contributed by atoms with E-state index in [0.717, 1.165) is 31.6 Å². The van der Waals surface area contributed by atoms with Gasteiger partial charge >= 0.3 is 0 Å². The molecular weight excluding hydrogens is 284 g/mol. The molecule has 1 unspecified atom stereocenters. The van der Waals surface area contributed by atoms with Crippen LogP contribution in [0.1, 0.15) is 19.8 Å². The van der Waals surface area contributed by atoms with Crippen molar-refractivity contribution in [2.75, 3.05) is 18.0 Å². The Morgan fingerprint density at radius 3 is 3.00 bits per heavy atom. The minimum absolute atomic E-state index is 0.0650. The summed E-state index contributed by atoms with van der Waals surface area (Å²) in [6.07, 6.45) is 3.61. The van der Waals surface area contributed by atoms with Gasteiger partial charge < -0.3 is 10.6 Å². The Bertz CT molecular complexity index is 459. The quantitative estimate of drug-likeness (QED) is 0.903. The molecule has 0 amide bonds. The SMILES string of the molecule is CCCn1ncc(N2CCC(N)C2)c(Br)c1=O. The summed E-state index contributed by atoms with van der Waals surface area (Å²) < 4.78 is 2.08. The zero-order chi connectivity index (χ0) is 12.4. The Morgan fingerprint density at radius 1 is 1.65 bits per heavy atom. The summed E-state index contributed by atoms with van der Waals surface area (Å²) in [7, 11) is 0. The van der Waals surface area contributed by atoms with Crippen molar-refractivity contribution >= 4 is 21.6 Å². The molecule has 1 aliphatic rings. The van der Waals surface area contributed by atoms with Crippen molar-refractivity contribution in [2.45, 2.75) is 32.4 Å². The lowest BCUT2D eigenvalue weighted by Crippen LogP contribution is -2.30. The summed E-state index contributed by atoms with van der Waals surface area (Å²) in [6.45, 7) is 4.35. The van der Waals surface area contributed by atoms with Crippen LogP contribution in [0.15, 0.2) is 15.5 Å². The molecule has 1 aromatic heterocycles. The fourth-order valence-electron chi connectivity index (χ4n) is 2.05. The van der Waals surface area contributed by atoms with Gasteiger partial charge in [-0.25, -0.2) is 4.68 Å². The monoisotopic (exact) mass is 300 g/mol. The molecule has 0 saturated carbocycles. The molecule has 5 nitrogen and oxygen atoms in total. The maximum atomic E-state index is 12.0. The van der Waals surface area contributed by atoms with Crippen molar-refractivity contribution in [2.24, 2.45) is 5.73 Å². The molecule has 1 fully saturated rings. The van der Waals surface area contributed by atoms with Gasteiger partial charge in [-0.2, -0.15) is 5.10 Å². The van der Waals surface area contributed by atoms with Gasteiger partial charge in [-0.15, -0.1) is 0 Å². The Hall–Kier alpha value is -0.880. The lowest BCUT2D eigenvalue weighted by Gasteiger charge is -2.19. The maximum absolute atomic E-state index is 12.0. The van der Waals surface area contributed by atoms with E-state index >= 15 is 0 Å². The van der Waals surface area contributed by atoms with Gasteiger partial charge in [0.2, 0.25) is 0 Å². The third kappa shape index (κ3) is 2.52. The Balaban J connectivity index is 2.31. The predicted molar refractivity (Wildman–Crippen MR) is 71.3 cm³/mol. The maximum Gasteiger partial charge on any atom is 0.283 e. The van der Waals surface area contributed by atoms with Crippen LogP contribution in [0.2, 0.25) is 0 Å². The average molecular weight is 301 g/mol. The standard InChI is InChI=1S/C11H17BrN4O/c1-2-4-16-11(17)10(12)9(6-14-16)15-5-3-8(13)7-15/h6,8H,2-5,7,13H2,1H3. The van der Waals surface area contributed by atoms with Gasteiger partial charge in [-0.05, 0) is 28.8 Å². The normalized spacial score (nSPS) is 19.9. The van der Waals surface area contributed by atoms with Crippen LogP contribution in [0.3, 0.4) is 0 Å². The lowest BCUT2D eigenvalue weighted by atomic mass is 10.3. The Kier molecular flexibility index (Phi) is 3.83. The molecule has 2 N–H and O–H groups in total. The van der Waals surface area contributed by atoms with Crippen LogP contribution in [0.25, 0.3) is 0 Å². The summed E-state index contributed by atoms with van der Waals surface area (Å²) in [5, 5.41) is 4.19. The van der Waals surface area contributed by atoms with E-state index in [9.17, 15) is 4.79 Å². The van der Waals surface area contributed by atoms with Gasteiger partial charge in [-0.1, -0.05) is 6.92 Å². The van der Waals surface area contributed by atoms with Gasteiger partial charge in [0.05, 0.1) is 11.9 Å². The highest BCUT2D eigenvalue weighted by Crippen LogP contribution is 2.24. The molecule has 2 heterocycles. The zero-order valence-corrected chi connectivity index (χ0v) is 11.5. The minimum Gasteiger partial charge on any atom is -0.368 e. The number of hydrogen-bond acceptors (Lipinski definition) is 4. The van der Waals surface area contributed by atoms with Gasteiger partial charge in [0.15, 0.2) is 0 Å². The van der Waals surface area contributed by atoms with E-state index in [1.807, 2.05) is 6.92 Å². The van der Waals surface area contributed by atoms with E-state index in [1.54, 1.807) is 6.20 Å². The molecule has 1 aliphatic heterocycles. The second kappa shape index (κ2) is 5.18. The summed E-state index contributed by atoms with van der Waals surface area (Å²) in [6, 6.07) is 0.194. The van der Waals surface area contributed by atoms with Crippen LogP contribution in [0.5, 0.6) is 0 Å². The molecule has 1 saturated heterocycles. The first-order valence-corrected chi connectivity index (χ1v) is 6.69. The molecule has 0 spiro atoms. The molecular formula is C11H17BrN4O. The number of nitrogens with zero attached hydrogens (tertiary/aromatic N) is 3. The summed E-state index contributed by atoms with van der Waals surface area (Å²) in [5.74, 6) is 0. The highest BCUT2D eigenvalue weighted by Gasteiger charge is 2.22. The minimum atomic E-state index is -0.0650. The zero-order valence-electron chi connectivity index (χ0n) is 9.90. The van der Waals surface area contributed by atoms with Crippen LogP contribution in [0.4, 0.5) is 5.69 Å². The number of anilines is 1. The highest BCUT2D eigenvalue weighted by atomic mass is 79.9. The first-order chi connectivity index (χ1) is 8.13. The van der Waals surface area contributed by atoms with E-state index in [-0.39, 0.29) is 11.6 Å². The van der Waals surface area contributed by atoms with Crippen molar-refractivity contribution in [3.05, 3.63) is 21.0 Å². The molecule has 94 valence electrons. The van der Waals surface area contributed by atoms with E-state index in [0.29, 0.717) is 11.0 Å². The van der Waals surface area contributed by atoms with Gasteiger partial charge in [0, 0.05) is 25.7 Å². The molecule has 1 aromatic rings. The molecule has 17 heavy (non-hydrogen) atoms. The first-order valence-electron chi connectivity index (χ1n) is 5.89. The summed E-state index contributed by atoms with van der Waals surface area (Å²) in [5.41, 5.74) is 6.66. The first kappa shape index (κ1) is 12.6. The Morgan fingerprint density at radius 2 is 2.41 bits per heavy atom. The largest absolute Gasteiger partial charge is 0.368 e. The number of hydrogen-bond donors (Lipinski definition) is 1. The molecule has 0 aliphatic carbocycles. The predicted octanol–water partition coefficient (Wildman–Crippen LogP) is 0.953. The van der Waals surface area contributed by atoms with Gasteiger partial charge in [0.1, 0.15) is 4.47 Å². The average Bonchev–Trinajstić information content (AvgIpc) is 2.72. The van der Waals surface area contributed by atoms with E-state index < -0.39 is 0 Å².